The average molecular weight is 294 g/mol. The summed E-state index contributed by atoms with van der Waals surface area (Å²) in [4.78, 5) is 11.6. The molecule has 0 bridgehead atoms. The summed E-state index contributed by atoms with van der Waals surface area (Å²) in [6.45, 7) is 0.554. The molecule has 0 atom stereocenters. The van der Waals surface area contributed by atoms with E-state index in [2.05, 4.69) is 10.3 Å². The minimum absolute atomic E-state index is 0.0555. The molecule has 0 saturated carbocycles. The van der Waals surface area contributed by atoms with Crippen LogP contribution in [0.15, 0.2) is 29.3 Å². The van der Waals surface area contributed by atoms with E-state index in [4.69, 9.17) is 15.6 Å². The molecule has 0 amide bonds. The predicted octanol–water partition coefficient (Wildman–Crippen LogP) is 1.36. The molecule has 1 aromatic heterocycles. The van der Waals surface area contributed by atoms with Crippen LogP contribution in [0.5, 0.6) is 5.75 Å². The molecule has 0 saturated heterocycles. The lowest BCUT2D eigenvalue weighted by molar-refractivity contribution is 0.0690. The van der Waals surface area contributed by atoms with E-state index in [1.165, 1.54) is 10.9 Å². The molecule has 0 aliphatic carbocycles. The maximum atomic E-state index is 10.7. The molecular formula is C12H14N4O3S. The van der Waals surface area contributed by atoms with Gasteiger partial charge in [0.25, 0.3) is 0 Å². The van der Waals surface area contributed by atoms with E-state index >= 15 is 0 Å². The van der Waals surface area contributed by atoms with E-state index in [0.717, 1.165) is 10.6 Å². The van der Waals surface area contributed by atoms with Gasteiger partial charge in [-0.2, -0.15) is 0 Å². The van der Waals surface area contributed by atoms with Crippen molar-refractivity contribution in [1.29, 1.82) is 0 Å². The topological polar surface area (TPSA) is 103 Å². The summed E-state index contributed by atoms with van der Waals surface area (Å²) >= 11 is 1.58. The maximum Gasteiger partial charge on any atom is 0.358 e. The van der Waals surface area contributed by atoms with Gasteiger partial charge in [0.05, 0.1) is 19.9 Å². The number of benzene rings is 1. The zero-order chi connectivity index (χ0) is 14.5. The number of methoxy groups -OCH3 is 1. The highest BCUT2D eigenvalue weighted by Gasteiger charge is 2.08. The first-order valence-electron chi connectivity index (χ1n) is 5.80. The number of nitrogens with two attached hydrogens (primary N) is 1. The van der Waals surface area contributed by atoms with E-state index in [9.17, 15) is 4.79 Å². The highest BCUT2D eigenvalue weighted by molar-refractivity contribution is 7.99. The Morgan fingerprint density at radius 3 is 3.00 bits per heavy atom. The van der Waals surface area contributed by atoms with Crippen molar-refractivity contribution in [3.05, 3.63) is 30.1 Å². The second kappa shape index (κ2) is 6.29. The summed E-state index contributed by atoms with van der Waals surface area (Å²) in [6.07, 6.45) is 1.41. The smallest absolute Gasteiger partial charge is 0.358 e. The van der Waals surface area contributed by atoms with Crippen molar-refractivity contribution < 1.29 is 14.6 Å². The standard InChI is InChI=1S/C12H14N4O3S/c1-19-10-6-8(13)2-3-11(10)20-5-4-16-7-9(12(17)18)14-15-16/h2-3,6-7H,4-5,13H2,1H3,(H,17,18). The number of aromatic carboxylic acids is 1. The normalized spacial score (nSPS) is 10.4. The molecule has 0 fully saturated rings. The van der Waals surface area contributed by atoms with Crippen LogP contribution in [0.2, 0.25) is 0 Å². The van der Waals surface area contributed by atoms with E-state index in [-0.39, 0.29) is 5.69 Å². The largest absolute Gasteiger partial charge is 0.496 e. The lowest BCUT2D eigenvalue weighted by atomic mass is 10.3. The van der Waals surface area contributed by atoms with Crippen LogP contribution in [0.1, 0.15) is 10.5 Å². The first-order valence-corrected chi connectivity index (χ1v) is 6.78. The second-order valence-electron chi connectivity index (χ2n) is 3.93. The van der Waals surface area contributed by atoms with Gasteiger partial charge in [-0.15, -0.1) is 16.9 Å². The lowest BCUT2D eigenvalue weighted by Gasteiger charge is -2.08. The van der Waals surface area contributed by atoms with E-state index in [1.54, 1.807) is 24.9 Å². The third kappa shape index (κ3) is 3.41. The van der Waals surface area contributed by atoms with Crippen molar-refractivity contribution in [2.75, 3.05) is 18.6 Å². The van der Waals surface area contributed by atoms with Gasteiger partial charge in [0.2, 0.25) is 0 Å². The van der Waals surface area contributed by atoms with Gasteiger partial charge in [-0.25, -0.2) is 4.79 Å². The van der Waals surface area contributed by atoms with Crippen molar-refractivity contribution in [2.45, 2.75) is 11.4 Å². The zero-order valence-corrected chi connectivity index (χ0v) is 11.6. The Bertz CT molecular complexity index is 614. The van der Waals surface area contributed by atoms with Crippen LogP contribution in [0, 0.1) is 0 Å². The molecular weight excluding hydrogens is 280 g/mol. The van der Waals surface area contributed by atoms with Gasteiger partial charge in [-0.05, 0) is 12.1 Å². The number of rotatable bonds is 6. The van der Waals surface area contributed by atoms with Crippen molar-refractivity contribution in [1.82, 2.24) is 15.0 Å². The minimum atomic E-state index is -1.08. The monoisotopic (exact) mass is 294 g/mol. The molecule has 20 heavy (non-hydrogen) atoms. The molecule has 1 aromatic carbocycles. The molecule has 3 N–H and O–H groups in total. The number of nitrogen functional groups attached to an aromatic ring is 1. The van der Waals surface area contributed by atoms with E-state index in [0.29, 0.717) is 18.0 Å². The van der Waals surface area contributed by atoms with Gasteiger partial charge >= 0.3 is 5.97 Å². The summed E-state index contributed by atoms with van der Waals surface area (Å²) in [5.74, 6) is 0.354. The number of carbonyl (C=O) groups is 1. The molecule has 8 heteroatoms. The Hall–Kier alpha value is -2.22. The number of carboxylic acids is 1. The van der Waals surface area contributed by atoms with Gasteiger partial charge in [-0.1, -0.05) is 5.21 Å². The Labute approximate surface area is 119 Å². The minimum Gasteiger partial charge on any atom is -0.496 e. The molecule has 7 nitrogen and oxygen atoms in total. The number of nitrogens with zero attached hydrogens (tertiary/aromatic N) is 3. The van der Waals surface area contributed by atoms with E-state index in [1.807, 2.05) is 12.1 Å². The van der Waals surface area contributed by atoms with Crippen LogP contribution in [0.4, 0.5) is 5.69 Å². The summed E-state index contributed by atoms with van der Waals surface area (Å²) in [5, 5.41) is 16.0. The van der Waals surface area contributed by atoms with Gasteiger partial charge in [0.1, 0.15) is 5.75 Å². The Morgan fingerprint density at radius 1 is 1.55 bits per heavy atom. The second-order valence-corrected chi connectivity index (χ2v) is 5.07. The molecule has 2 rings (SSSR count). The van der Waals surface area contributed by atoms with Crippen LogP contribution in [-0.4, -0.2) is 38.9 Å². The third-order valence-electron chi connectivity index (χ3n) is 2.52. The van der Waals surface area contributed by atoms with Crippen molar-refractivity contribution >= 4 is 23.4 Å². The number of hydrogen-bond donors (Lipinski definition) is 2. The Morgan fingerprint density at radius 2 is 2.35 bits per heavy atom. The van der Waals surface area contributed by atoms with Crippen LogP contribution < -0.4 is 10.5 Å². The number of aromatic nitrogens is 3. The van der Waals surface area contributed by atoms with Crippen molar-refractivity contribution in [2.24, 2.45) is 0 Å². The fraction of sp³-hybridized carbons (Fsp3) is 0.250. The summed E-state index contributed by atoms with van der Waals surface area (Å²) in [6, 6.07) is 5.46. The highest BCUT2D eigenvalue weighted by atomic mass is 32.2. The average Bonchev–Trinajstić information content (AvgIpc) is 2.89. The van der Waals surface area contributed by atoms with Crippen molar-refractivity contribution in [3.8, 4) is 5.75 Å². The number of carboxylic acid groups (broad SMARTS) is 1. The SMILES string of the molecule is COc1cc(N)ccc1SCCn1cc(C(=O)O)nn1. The van der Waals surface area contributed by atoms with Gasteiger partial charge < -0.3 is 15.6 Å². The number of hydrogen-bond acceptors (Lipinski definition) is 6. The molecule has 106 valence electrons. The third-order valence-corrected chi connectivity index (χ3v) is 3.56. The van der Waals surface area contributed by atoms with Crippen LogP contribution >= 0.6 is 11.8 Å². The lowest BCUT2D eigenvalue weighted by Crippen LogP contribution is -2.01. The summed E-state index contributed by atoms with van der Waals surface area (Å²) < 4.78 is 6.75. The Balaban J connectivity index is 1.93. The maximum absolute atomic E-state index is 10.7. The number of ether oxygens (including phenoxy) is 1. The van der Waals surface area contributed by atoms with Crippen LogP contribution in [0.3, 0.4) is 0 Å². The van der Waals surface area contributed by atoms with Gasteiger partial charge in [0.15, 0.2) is 5.69 Å². The molecule has 2 aromatic rings. The number of aryl methyl sites for hydroxylation is 1. The summed E-state index contributed by atoms with van der Waals surface area (Å²) in [7, 11) is 1.59. The predicted molar refractivity (Wildman–Crippen MR) is 75.1 cm³/mol. The quantitative estimate of drug-likeness (QED) is 0.612. The fourth-order valence-corrected chi connectivity index (χ4v) is 2.51. The molecule has 0 radical (unpaired) electrons. The first kappa shape index (κ1) is 14.2. The molecule has 0 spiro atoms. The molecule has 0 aliphatic heterocycles. The zero-order valence-electron chi connectivity index (χ0n) is 10.8. The van der Waals surface area contributed by atoms with E-state index < -0.39 is 5.97 Å². The highest BCUT2D eigenvalue weighted by Crippen LogP contribution is 2.30. The molecule has 0 unspecified atom stereocenters. The fourth-order valence-electron chi connectivity index (χ4n) is 1.56. The number of thioether (sulfide) groups is 1. The summed E-state index contributed by atoms with van der Waals surface area (Å²) in [5.41, 5.74) is 6.28. The number of anilines is 1. The molecule has 1 heterocycles. The van der Waals surface area contributed by atoms with Crippen LogP contribution in [-0.2, 0) is 6.54 Å². The Kier molecular flexibility index (Phi) is 4.46. The van der Waals surface area contributed by atoms with Crippen molar-refractivity contribution in [3.63, 3.8) is 0 Å². The first-order chi connectivity index (χ1) is 9.60. The van der Waals surface area contributed by atoms with Gasteiger partial charge in [0, 0.05) is 22.4 Å². The van der Waals surface area contributed by atoms with Crippen LogP contribution in [0.25, 0.3) is 0 Å². The van der Waals surface area contributed by atoms with Gasteiger partial charge in [-0.3, -0.25) is 4.68 Å². The molecule has 0 aliphatic rings.